The van der Waals surface area contributed by atoms with E-state index in [1.165, 1.54) is 6.42 Å². The van der Waals surface area contributed by atoms with E-state index in [2.05, 4.69) is 15.2 Å². The molecular formula is C16H22N4O2. The van der Waals surface area contributed by atoms with Gasteiger partial charge in [0.05, 0.1) is 11.6 Å². The van der Waals surface area contributed by atoms with Crippen molar-refractivity contribution in [1.29, 1.82) is 0 Å². The maximum Gasteiger partial charge on any atom is 0.255 e. The maximum absolute atomic E-state index is 12.6. The summed E-state index contributed by atoms with van der Waals surface area (Å²) in [6, 6.07) is 3.49. The first-order chi connectivity index (χ1) is 10.6. The normalized spacial score (nSPS) is 22.0. The lowest BCUT2D eigenvalue weighted by molar-refractivity contribution is -0.126. The highest BCUT2D eigenvalue weighted by atomic mass is 16.2. The molecule has 1 aromatic rings. The van der Waals surface area contributed by atoms with E-state index in [1.807, 2.05) is 6.07 Å². The first kappa shape index (κ1) is 14.8. The van der Waals surface area contributed by atoms with E-state index in [0.717, 1.165) is 31.7 Å². The molecule has 3 rings (SSSR count). The van der Waals surface area contributed by atoms with Crippen LogP contribution in [-0.4, -0.2) is 54.4 Å². The van der Waals surface area contributed by atoms with E-state index in [1.54, 1.807) is 24.2 Å². The molecule has 0 saturated carbocycles. The molecule has 2 fully saturated rings. The molecule has 1 atom stereocenters. The molecule has 22 heavy (non-hydrogen) atoms. The third kappa shape index (κ3) is 3.05. The number of pyridine rings is 1. The van der Waals surface area contributed by atoms with Gasteiger partial charge in [-0.3, -0.25) is 9.59 Å². The van der Waals surface area contributed by atoms with Crippen LogP contribution in [-0.2, 0) is 4.79 Å². The summed E-state index contributed by atoms with van der Waals surface area (Å²) in [4.78, 5) is 32.4. The molecule has 1 aromatic heterocycles. The highest BCUT2D eigenvalue weighted by molar-refractivity contribution is 5.99. The van der Waals surface area contributed by atoms with E-state index < -0.39 is 0 Å². The molecule has 0 aliphatic carbocycles. The van der Waals surface area contributed by atoms with Crippen molar-refractivity contribution >= 4 is 17.6 Å². The first-order valence-electron chi connectivity index (χ1n) is 7.90. The fourth-order valence-corrected chi connectivity index (χ4v) is 3.16. The van der Waals surface area contributed by atoms with Crippen molar-refractivity contribution < 1.29 is 9.59 Å². The van der Waals surface area contributed by atoms with Crippen LogP contribution in [0.5, 0.6) is 0 Å². The van der Waals surface area contributed by atoms with Crippen LogP contribution < -0.4 is 10.2 Å². The van der Waals surface area contributed by atoms with E-state index in [9.17, 15) is 9.59 Å². The van der Waals surface area contributed by atoms with Crippen LogP contribution in [0.2, 0.25) is 0 Å². The number of piperidine rings is 1. The summed E-state index contributed by atoms with van der Waals surface area (Å²) in [6.45, 7) is 2.47. The minimum atomic E-state index is -0.137. The van der Waals surface area contributed by atoms with Crippen LogP contribution in [0.3, 0.4) is 0 Å². The summed E-state index contributed by atoms with van der Waals surface area (Å²) in [7, 11) is 1.76. The lowest BCUT2D eigenvalue weighted by Gasteiger charge is -2.29. The number of aromatic nitrogens is 1. The van der Waals surface area contributed by atoms with Crippen LogP contribution in [0.4, 0.5) is 5.82 Å². The smallest absolute Gasteiger partial charge is 0.255 e. The number of amides is 2. The number of rotatable bonds is 3. The number of hydrogen-bond donors (Lipinski definition) is 1. The van der Waals surface area contributed by atoms with Gasteiger partial charge in [-0.25, -0.2) is 4.98 Å². The molecule has 0 aromatic carbocycles. The van der Waals surface area contributed by atoms with Gasteiger partial charge in [-0.15, -0.1) is 0 Å². The summed E-state index contributed by atoms with van der Waals surface area (Å²) in [6.07, 6.45) is 5.62. The van der Waals surface area contributed by atoms with Crippen molar-refractivity contribution in [2.45, 2.75) is 31.7 Å². The van der Waals surface area contributed by atoms with Crippen LogP contribution in [0.1, 0.15) is 36.0 Å². The lowest BCUT2D eigenvalue weighted by atomic mass is 10.1. The zero-order valence-electron chi connectivity index (χ0n) is 12.9. The highest BCUT2D eigenvalue weighted by Gasteiger charge is 2.29. The van der Waals surface area contributed by atoms with Crippen LogP contribution in [0, 0.1) is 0 Å². The van der Waals surface area contributed by atoms with Crippen LogP contribution >= 0.6 is 0 Å². The quantitative estimate of drug-likeness (QED) is 0.906. The minimum Gasteiger partial charge on any atom is -0.356 e. The average molecular weight is 302 g/mol. The molecule has 0 bridgehead atoms. The maximum atomic E-state index is 12.6. The summed E-state index contributed by atoms with van der Waals surface area (Å²) in [5, 5.41) is 2.97. The highest BCUT2D eigenvalue weighted by Crippen LogP contribution is 2.22. The van der Waals surface area contributed by atoms with Crippen molar-refractivity contribution in [1.82, 2.24) is 15.2 Å². The van der Waals surface area contributed by atoms with Crippen molar-refractivity contribution in [2.24, 2.45) is 0 Å². The number of carbonyl (C=O) groups is 2. The molecule has 6 nitrogen and oxygen atoms in total. The van der Waals surface area contributed by atoms with Gasteiger partial charge in [0.1, 0.15) is 5.82 Å². The number of likely N-dealkylation sites (N-methyl/N-ethyl adjacent to an activating group) is 1. The van der Waals surface area contributed by atoms with Gasteiger partial charge in [0.2, 0.25) is 5.91 Å². The topological polar surface area (TPSA) is 65.5 Å². The SMILES string of the molecule is CN1CC(NC(=O)c2cccnc2N2CCCCC2)CC1=O. The van der Waals surface area contributed by atoms with E-state index in [-0.39, 0.29) is 17.9 Å². The molecule has 0 radical (unpaired) electrons. The van der Waals surface area contributed by atoms with Gasteiger partial charge in [-0.1, -0.05) is 0 Å². The van der Waals surface area contributed by atoms with Crippen molar-refractivity contribution in [2.75, 3.05) is 31.6 Å². The third-order valence-corrected chi connectivity index (χ3v) is 4.36. The summed E-state index contributed by atoms with van der Waals surface area (Å²) in [5.41, 5.74) is 0.603. The number of hydrogen-bond acceptors (Lipinski definition) is 4. The van der Waals surface area contributed by atoms with Gasteiger partial charge >= 0.3 is 0 Å². The van der Waals surface area contributed by atoms with Gasteiger partial charge in [0.25, 0.3) is 5.91 Å². The Labute approximate surface area is 130 Å². The van der Waals surface area contributed by atoms with E-state index in [0.29, 0.717) is 18.5 Å². The number of likely N-dealkylation sites (tertiary alicyclic amines) is 1. The lowest BCUT2D eigenvalue weighted by Crippen LogP contribution is -2.38. The standard InChI is InChI=1S/C16H22N4O2/c1-19-11-12(10-14(19)21)18-16(22)13-6-5-7-17-15(13)20-8-3-2-4-9-20/h5-7,12H,2-4,8-11H2,1H3,(H,18,22). The zero-order chi connectivity index (χ0) is 15.5. The van der Waals surface area contributed by atoms with Gasteiger partial charge in [0.15, 0.2) is 0 Å². The minimum absolute atomic E-state index is 0.0766. The van der Waals surface area contributed by atoms with Crippen LogP contribution in [0.25, 0.3) is 0 Å². The van der Waals surface area contributed by atoms with Crippen molar-refractivity contribution in [3.8, 4) is 0 Å². The molecular weight excluding hydrogens is 280 g/mol. The Bertz CT molecular complexity index is 569. The fraction of sp³-hybridized carbons (Fsp3) is 0.562. The van der Waals surface area contributed by atoms with E-state index >= 15 is 0 Å². The number of anilines is 1. The summed E-state index contributed by atoms with van der Waals surface area (Å²) >= 11 is 0. The van der Waals surface area contributed by atoms with Crippen molar-refractivity contribution in [3.05, 3.63) is 23.9 Å². The Morgan fingerprint density at radius 3 is 2.77 bits per heavy atom. The molecule has 0 spiro atoms. The summed E-state index contributed by atoms with van der Waals surface area (Å²) in [5.74, 6) is 0.701. The van der Waals surface area contributed by atoms with Gasteiger partial charge in [-0.2, -0.15) is 0 Å². The Morgan fingerprint density at radius 2 is 2.09 bits per heavy atom. The average Bonchev–Trinajstić information content (AvgIpc) is 2.86. The number of carbonyl (C=O) groups excluding carboxylic acids is 2. The predicted molar refractivity (Wildman–Crippen MR) is 83.8 cm³/mol. The first-order valence-corrected chi connectivity index (χ1v) is 7.90. The molecule has 6 heteroatoms. The molecule has 118 valence electrons. The number of nitrogens with one attached hydrogen (secondary N) is 1. The molecule has 2 amide bonds. The molecule has 2 saturated heterocycles. The fourth-order valence-electron chi connectivity index (χ4n) is 3.16. The Hall–Kier alpha value is -2.11. The molecule has 1 unspecified atom stereocenters. The molecule has 3 heterocycles. The Kier molecular flexibility index (Phi) is 4.27. The zero-order valence-corrected chi connectivity index (χ0v) is 12.9. The van der Waals surface area contributed by atoms with E-state index in [4.69, 9.17) is 0 Å². The Balaban J connectivity index is 1.73. The van der Waals surface area contributed by atoms with Gasteiger partial charge in [-0.05, 0) is 31.4 Å². The van der Waals surface area contributed by atoms with Gasteiger partial charge < -0.3 is 15.1 Å². The predicted octanol–water partition coefficient (Wildman–Crippen LogP) is 1.03. The molecule has 2 aliphatic rings. The van der Waals surface area contributed by atoms with Crippen LogP contribution in [0.15, 0.2) is 18.3 Å². The van der Waals surface area contributed by atoms with Gasteiger partial charge in [0, 0.05) is 39.3 Å². The monoisotopic (exact) mass is 302 g/mol. The summed E-state index contributed by atoms with van der Waals surface area (Å²) < 4.78 is 0. The second-order valence-electron chi connectivity index (χ2n) is 6.07. The third-order valence-electron chi connectivity index (χ3n) is 4.36. The van der Waals surface area contributed by atoms with Crippen molar-refractivity contribution in [3.63, 3.8) is 0 Å². The second kappa shape index (κ2) is 6.34. The Morgan fingerprint density at radius 1 is 1.32 bits per heavy atom. The largest absolute Gasteiger partial charge is 0.356 e. The molecule has 2 aliphatic heterocycles. The molecule has 1 N–H and O–H groups in total. The number of nitrogens with zero attached hydrogens (tertiary/aromatic N) is 3. The second-order valence-corrected chi connectivity index (χ2v) is 6.07.